The van der Waals surface area contributed by atoms with Crippen LogP contribution in [0.3, 0.4) is 0 Å². The fourth-order valence-electron chi connectivity index (χ4n) is 2.70. The highest BCUT2D eigenvalue weighted by Gasteiger charge is 2.12. The van der Waals surface area contributed by atoms with Gasteiger partial charge in [-0.1, -0.05) is 52.3 Å². The highest BCUT2D eigenvalue weighted by molar-refractivity contribution is 9.10. The van der Waals surface area contributed by atoms with E-state index >= 15 is 0 Å². The van der Waals surface area contributed by atoms with Crippen LogP contribution in [0.5, 0.6) is 5.75 Å². The van der Waals surface area contributed by atoms with Crippen molar-refractivity contribution in [2.75, 3.05) is 5.32 Å². The molecule has 31 heavy (non-hydrogen) atoms. The van der Waals surface area contributed by atoms with Crippen LogP contribution in [0, 0.1) is 11.3 Å². The number of carboxylic acids is 1. The lowest BCUT2D eigenvalue weighted by Gasteiger charge is -2.10. The van der Waals surface area contributed by atoms with E-state index in [1.165, 1.54) is 18.2 Å². The molecule has 3 rings (SSSR count). The van der Waals surface area contributed by atoms with Crippen molar-refractivity contribution in [1.29, 1.82) is 5.26 Å². The van der Waals surface area contributed by atoms with Gasteiger partial charge in [0.1, 0.15) is 24.0 Å². The minimum atomic E-state index is -0.992. The molecule has 3 aromatic rings. The molecule has 0 radical (unpaired) electrons. The van der Waals surface area contributed by atoms with Gasteiger partial charge in [-0.15, -0.1) is 0 Å². The Balaban J connectivity index is 1.76. The number of ether oxygens (including phenoxy) is 1. The van der Waals surface area contributed by atoms with Crippen molar-refractivity contribution in [2.45, 2.75) is 6.61 Å². The molecule has 154 valence electrons. The average molecular weight is 477 g/mol. The Hall–Kier alpha value is -3.89. The summed E-state index contributed by atoms with van der Waals surface area (Å²) in [5.74, 6) is -1.03. The first kappa shape index (κ1) is 21.8. The largest absolute Gasteiger partial charge is 0.488 e. The number of rotatable bonds is 7. The molecule has 7 heteroatoms. The summed E-state index contributed by atoms with van der Waals surface area (Å²) in [4.78, 5) is 23.5. The summed E-state index contributed by atoms with van der Waals surface area (Å²) in [7, 11) is 0. The van der Waals surface area contributed by atoms with Gasteiger partial charge in [0, 0.05) is 15.7 Å². The predicted octanol–water partition coefficient (Wildman–Crippen LogP) is 5.27. The van der Waals surface area contributed by atoms with Crippen molar-refractivity contribution in [3.05, 3.63) is 99.5 Å². The molecule has 0 fully saturated rings. The van der Waals surface area contributed by atoms with E-state index in [0.717, 1.165) is 10.0 Å². The molecule has 0 atom stereocenters. The third-order valence-corrected chi connectivity index (χ3v) is 4.75. The van der Waals surface area contributed by atoms with Crippen LogP contribution in [0.2, 0.25) is 0 Å². The third kappa shape index (κ3) is 6.04. The lowest BCUT2D eigenvalue weighted by Crippen LogP contribution is -2.13. The quantitative estimate of drug-likeness (QED) is 0.357. The maximum Gasteiger partial charge on any atom is 0.335 e. The molecule has 6 nitrogen and oxygen atoms in total. The Morgan fingerprint density at radius 1 is 1.06 bits per heavy atom. The van der Waals surface area contributed by atoms with E-state index in [9.17, 15) is 14.9 Å². The van der Waals surface area contributed by atoms with Gasteiger partial charge >= 0.3 is 5.97 Å². The number of carboxylic acid groups (broad SMARTS) is 1. The molecule has 3 aromatic carbocycles. The lowest BCUT2D eigenvalue weighted by molar-refractivity contribution is -0.112. The Morgan fingerprint density at radius 3 is 2.48 bits per heavy atom. The van der Waals surface area contributed by atoms with Gasteiger partial charge in [0.2, 0.25) is 0 Å². The number of hydrogen-bond acceptors (Lipinski definition) is 4. The van der Waals surface area contributed by atoms with Gasteiger partial charge in [0.25, 0.3) is 5.91 Å². The second-order valence-electron chi connectivity index (χ2n) is 6.46. The predicted molar refractivity (Wildman–Crippen MR) is 121 cm³/mol. The highest BCUT2D eigenvalue weighted by atomic mass is 79.9. The van der Waals surface area contributed by atoms with Crippen molar-refractivity contribution in [2.24, 2.45) is 0 Å². The number of amides is 1. The molecule has 0 spiro atoms. The summed E-state index contributed by atoms with van der Waals surface area (Å²) in [5, 5.41) is 21.2. The molecule has 0 aliphatic rings. The summed E-state index contributed by atoms with van der Waals surface area (Å²) in [6.07, 6.45) is 1.47. The number of anilines is 1. The summed E-state index contributed by atoms with van der Waals surface area (Å²) in [5.41, 5.74) is 2.06. The minimum absolute atomic E-state index is 0.0677. The zero-order valence-electron chi connectivity index (χ0n) is 16.2. The van der Waals surface area contributed by atoms with E-state index in [4.69, 9.17) is 9.84 Å². The standard InChI is InChI=1S/C24H17BrN2O4/c25-20-5-3-6-21(13-20)27-23(28)19(14-26)12-18-4-1-2-7-22(18)31-15-16-8-10-17(11-9-16)24(29)30/h1-13H,15H2,(H,27,28)(H,29,30)/b19-12-. The second-order valence-corrected chi connectivity index (χ2v) is 7.38. The maximum absolute atomic E-state index is 12.5. The Bertz CT molecular complexity index is 1180. The number of aromatic carboxylic acids is 1. The second kappa shape index (κ2) is 10.2. The monoisotopic (exact) mass is 476 g/mol. The van der Waals surface area contributed by atoms with Crippen molar-refractivity contribution in [3.63, 3.8) is 0 Å². The van der Waals surface area contributed by atoms with Crippen LogP contribution in [0.1, 0.15) is 21.5 Å². The number of nitrogens with one attached hydrogen (secondary N) is 1. The first-order chi connectivity index (χ1) is 15.0. The first-order valence-electron chi connectivity index (χ1n) is 9.19. The maximum atomic E-state index is 12.5. The van der Waals surface area contributed by atoms with Crippen LogP contribution in [-0.4, -0.2) is 17.0 Å². The van der Waals surface area contributed by atoms with Crippen LogP contribution in [0.25, 0.3) is 6.08 Å². The summed E-state index contributed by atoms with van der Waals surface area (Å²) >= 11 is 3.34. The number of nitriles is 1. The fourth-order valence-corrected chi connectivity index (χ4v) is 3.10. The number of para-hydroxylation sites is 1. The number of benzene rings is 3. The van der Waals surface area contributed by atoms with Gasteiger partial charge in [0.15, 0.2) is 0 Å². The van der Waals surface area contributed by atoms with Crippen molar-refractivity contribution >= 4 is 39.6 Å². The van der Waals surface area contributed by atoms with E-state index in [-0.39, 0.29) is 17.7 Å². The van der Waals surface area contributed by atoms with E-state index in [2.05, 4.69) is 21.2 Å². The van der Waals surface area contributed by atoms with Gasteiger partial charge in [-0.3, -0.25) is 4.79 Å². The molecule has 0 heterocycles. The number of nitrogens with zero attached hydrogens (tertiary/aromatic N) is 1. The molecule has 0 aliphatic carbocycles. The van der Waals surface area contributed by atoms with E-state index in [0.29, 0.717) is 17.0 Å². The third-order valence-electron chi connectivity index (χ3n) is 4.26. The molecule has 0 unspecified atom stereocenters. The molecule has 0 saturated carbocycles. The van der Waals surface area contributed by atoms with Gasteiger partial charge in [-0.05, 0) is 48.0 Å². The zero-order valence-corrected chi connectivity index (χ0v) is 17.8. The Kier molecular flexibility index (Phi) is 7.20. The van der Waals surface area contributed by atoms with Crippen LogP contribution in [0.15, 0.2) is 82.8 Å². The van der Waals surface area contributed by atoms with Crippen molar-refractivity contribution in [3.8, 4) is 11.8 Å². The molecular weight excluding hydrogens is 460 g/mol. The van der Waals surface area contributed by atoms with Crippen LogP contribution in [0.4, 0.5) is 5.69 Å². The molecule has 0 bridgehead atoms. The first-order valence-corrected chi connectivity index (χ1v) is 9.98. The summed E-state index contributed by atoms with van der Waals surface area (Å²) in [6.45, 7) is 0.205. The average Bonchev–Trinajstić information content (AvgIpc) is 2.77. The molecule has 2 N–H and O–H groups in total. The minimum Gasteiger partial charge on any atom is -0.488 e. The van der Waals surface area contributed by atoms with Crippen molar-refractivity contribution in [1.82, 2.24) is 0 Å². The molecule has 1 amide bonds. The van der Waals surface area contributed by atoms with Crippen LogP contribution < -0.4 is 10.1 Å². The van der Waals surface area contributed by atoms with Gasteiger partial charge in [-0.25, -0.2) is 4.79 Å². The fraction of sp³-hybridized carbons (Fsp3) is 0.0417. The normalized spacial score (nSPS) is 10.8. The topological polar surface area (TPSA) is 99.4 Å². The van der Waals surface area contributed by atoms with Crippen LogP contribution >= 0.6 is 15.9 Å². The van der Waals surface area contributed by atoms with Crippen LogP contribution in [-0.2, 0) is 11.4 Å². The Labute approximate surface area is 187 Å². The number of hydrogen-bond donors (Lipinski definition) is 2. The van der Waals surface area contributed by atoms with Gasteiger partial charge in [-0.2, -0.15) is 5.26 Å². The van der Waals surface area contributed by atoms with Gasteiger partial charge < -0.3 is 15.2 Å². The van der Waals surface area contributed by atoms with E-state index in [1.807, 2.05) is 12.1 Å². The van der Waals surface area contributed by atoms with E-state index in [1.54, 1.807) is 54.6 Å². The summed E-state index contributed by atoms with van der Waals surface area (Å²) < 4.78 is 6.65. The van der Waals surface area contributed by atoms with Crippen molar-refractivity contribution < 1.29 is 19.4 Å². The molecule has 0 aromatic heterocycles. The molecule has 0 aliphatic heterocycles. The molecular formula is C24H17BrN2O4. The van der Waals surface area contributed by atoms with Gasteiger partial charge in [0.05, 0.1) is 5.56 Å². The summed E-state index contributed by atoms with van der Waals surface area (Å²) in [6, 6.07) is 22.4. The molecule has 0 saturated heterocycles. The SMILES string of the molecule is N#C/C(=C/c1ccccc1OCc1ccc(C(=O)O)cc1)C(=O)Nc1cccc(Br)c1. The number of halogens is 1. The Morgan fingerprint density at radius 2 is 1.81 bits per heavy atom. The number of carbonyl (C=O) groups is 2. The lowest BCUT2D eigenvalue weighted by atomic mass is 10.1. The zero-order chi connectivity index (χ0) is 22.2. The van der Waals surface area contributed by atoms with E-state index < -0.39 is 11.9 Å². The highest BCUT2D eigenvalue weighted by Crippen LogP contribution is 2.23. The number of carbonyl (C=O) groups excluding carboxylic acids is 1. The smallest absolute Gasteiger partial charge is 0.335 e.